The summed E-state index contributed by atoms with van der Waals surface area (Å²) in [4.78, 5) is 26.4. The van der Waals surface area contributed by atoms with Crippen molar-refractivity contribution >= 4 is 23.5 Å². The molecule has 1 aliphatic heterocycles. The van der Waals surface area contributed by atoms with Crippen LogP contribution in [0.5, 0.6) is 0 Å². The molecule has 0 bridgehead atoms. The summed E-state index contributed by atoms with van der Waals surface area (Å²) in [6.07, 6.45) is 9.32. The number of nitrogens with one attached hydrogen (secondary N) is 3. The highest BCUT2D eigenvalue weighted by atomic mass is 35.5. The van der Waals surface area contributed by atoms with E-state index in [1.165, 1.54) is 45.1 Å². The largest absolute Gasteiger partial charge is 0.385 e. The van der Waals surface area contributed by atoms with E-state index in [-0.39, 0.29) is 40.9 Å². The number of halogens is 2. The summed E-state index contributed by atoms with van der Waals surface area (Å²) < 4.78 is 15.2. The first-order valence-electron chi connectivity index (χ1n) is 13.9. The van der Waals surface area contributed by atoms with E-state index in [1.54, 1.807) is 17.0 Å². The van der Waals surface area contributed by atoms with Crippen molar-refractivity contribution in [3.63, 3.8) is 0 Å². The molecule has 1 aromatic rings. The van der Waals surface area contributed by atoms with E-state index < -0.39 is 11.4 Å². The number of piperidine rings is 1. The molecule has 1 aliphatic carbocycles. The van der Waals surface area contributed by atoms with E-state index in [2.05, 4.69) is 16.0 Å². The second kappa shape index (κ2) is 14.3. The van der Waals surface area contributed by atoms with E-state index in [0.717, 1.165) is 6.42 Å². The first-order chi connectivity index (χ1) is 17.7. The van der Waals surface area contributed by atoms with Crippen LogP contribution in [0, 0.1) is 17.7 Å². The second-order valence-electron chi connectivity index (χ2n) is 10.8. The number of amides is 3. The van der Waals surface area contributed by atoms with Crippen LogP contribution in [0.25, 0.3) is 0 Å². The molecule has 3 rings (SSSR count). The van der Waals surface area contributed by atoms with Gasteiger partial charge in [-0.15, -0.1) is 0 Å². The minimum atomic E-state index is -1.52. The summed E-state index contributed by atoms with van der Waals surface area (Å²) in [5.74, 6) is -0.504. The molecule has 1 aromatic carbocycles. The standard InChI is InChI=1S/C28H44ClFN4O3/c1-20(35)32-15-8-14-28(37,24-12-6-13-25(29)26(24)30)22-11-7-16-34(19-22)27(36)33-23(18-31-2)17-21-9-4-3-5-10-21/h6,12-13,21-23,31,37H,3-5,7-11,14-19H2,1-2H3,(H,32,35)(H,33,36)/t22-,23+,28+/m1/s1. The van der Waals surface area contributed by atoms with E-state index in [0.29, 0.717) is 51.4 Å². The monoisotopic (exact) mass is 538 g/mol. The third-order valence-electron chi connectivity index (χ3n) is 8.03. The summed E-state index contributed by atoms with van der Waals surface area (Å²) in [5.41, 5.74) is -1.36. The molecule has 208 valence electrons. The Labute approximate surface area is 225 Å². The van der Waals surface area contributed by atoms with Crippen molar-refractivity contribution in [3.8, 4) is 0 Å². The molecule has 1 heterocycles. The number of hydrogen-bond acceptors (Lipinski definition) is 4. The van der Waals surface area contributed by atoms with Crippen LogP contribution in [-0.4, -0.2) is 61.2 Å². The van der Waals surface area contributed by atoms with E-state index in [9.17, 15) is 14.7 Å². The van der Waals surface area contributed by atoms with E-state index in [1.807, 2.05) is 7.05 Å². The first-order valence-corrected chi connectivity index (χ1v) is 14.2. The van der Waals surface area contributed by atoms with Gasteiger partial charge in [0.25, 0.3) is 0 Å². The topological polar surface area (TPSA) is 93.7 Å². The fourth-order valence-electron chi connectivity index (χ4n) is 6.10. The summed E-state index contributed by atoms with van der Waals surface area (Å²) >= 11 is 6.08. The van der Waals surface area contributed by atoms with Crippen LogP contribution in [0.3, 0.4) is 0 Å². The zero-order valence-electron chi connectivity index (χ0n) is 22.3. The van der Waals surface area contributed by atoms with Crippen LogP contribution in [0.4, 0.5) is 9.18 Å². The van der Waals surface area contributed by atoms with Gasteiger partial charge in [0.15, 0.2) is 0 Å². The fourth-order valence-corrected chi connectivity index (χ4v) is 6.28. The van der Waals surface area contributed by atoms with Gasteiger partial charge in [-0.1, -0.05) is 55.8 Å². The molecule has 2 aliphatic rings. The van der Waals surface area contributed by atoms with Crippen LogP contribution < -0.4 is 16.0 Å². The van der Waals surface area contributed by atoms with Gasteiger partial charge >= 0.3 is 6.03 Å². The highest BCUT2D eigenvalue weighted by molar-refractivity contribution is 6.30. The number of carbonyl (C=O) groups excluding carboxylic acids is 2. The van der Waals surface area contributed by atoms with Gasteiger partial charge in [-0.2, -0.15) is 0 Å². The Morgan fingerprint density at radius 2 is 1.97 bits per heavy atom. The molecule has 7 nitrogen and oxygen atoms in total. The lowest BCUT2D eigenvalue weighted by Gasteiger charge is -2.43. The third kappa shape index (κ3) is 8.29. The maximum absolute atomic E-state index is 15.2. The lowest BCUT2D eigenvalue weighted by Crippen LogP contribution is -2.54. The molecule has 0 radical (unpaired) electrons. The molecule has 4 N–H and O–H groups in total. The van der Waals surface area contributed by atoms with Crippen molar-refractivity contribution in [2.75, 3.05) is 33.2 Å². The summed E-state index contributed by atoms with van der Waals surface area (Å²) in [7, 11) is 1.90. The molecule has 3 atom stereocenters. The van der Waals surface area contributed by atoms with Gasteiger partial charge in [-0.05, 0) is 51.1 Å². The van der Waals surface area contributed by atoms with Crippen LogP contribution in [0.15, 0.2) is 18.2 Å². The summed E-state index contributed by atoms with van der Waals surface area (Å²) in [5, 5.41) is 21.1. The normalized spacial score (nSPS) is 21.2. The number of urea groups is 1. The highest BCUT2D eigenvalue weighted by Crippen LogP contribution is 2.41. The van der Waals surface area contributed by atoms with Crippen LogP contribution in [-0.2, 0) is 10.4 Å². The first kappa shape index (κ1) is 29.7. The van der Waals surface area contributed by atoms with Gasteiger partial charge in [0.2, 0.25) is 5.91 Å². The molecule has 0 unspecified atom stereocenters. The van der Waals surface area contributed by atoms with Crippen molar-refractivity contribution in [1.82, 2.24) is 20.9 Å². The smallest absolute Gasteiger partial charge is 0.317 e. The SMILES string of the molecule is CNC[C@H](CC1CCCCC1)NC(=O)N1CCC[C@@H]([C@@](O)(CCCNC(C)=O)c2cccc(Cl)c2F)C1. The van der Waals surface area contributed by atoms with Gasteiger partial charge < -0.3 is 26.0 Å². The molecule has 1 saturated carbocycles. The van der Waals surface area contributed by atoms with Gasteiger partial charge in [0.1, 0.15) is 5.82 Å². The predicted molar refractivity (Wildman–Crippen MR) is 145 cm³/mol. The molecule has 1 saturated heterocycles. The molecular formula is C28H44ClFN4O3. The Bertz CT molecular complexity index is 898. The number of likely N-dealkylation sites (N-methyl/N-ethyl adjacent to an activating group) is 1. The molecule has 0 aromatic heterocycles. The molecule has 0 spiro atoms. The fraction of sp³-hybridized carbons (Fsp3) is 0.714. The zero-order chi connectivity index (χ0) is 26.8. The molecule has 9 heteroatoms. The number of carbonyl (C=O) groups is 2. The zero-order valence-corrected chi connectivity index (χ0v) is 23.1. The van der Waals surface area contributed by atoms with Crippen LogP contribution in [0.1, 0.15) is 76.7 Å². The van der Waals surface area contributed by atoms with Crippen molar-refractivity contribution in [2.45, 2.75) is 82.8 Å². The Morgan fingerprint density at radius 3 is 2.68 bits per heavy atom. The summed E-state index contributed by atoms with van der Waals surface area (Å²) in [6, 6.07) is 4.59. The number of rotatable bonds is 11. The van der Waals surface area contributed by atoms with Crippen molar-refractivity contribution in [3.05, 3.63) is 34.6 Å². The number of hydrogen-bond donors (Lipinski definition) is 4. The third-order valence-corrected chi connectivity index (χ3v) is 8.32. The lowest BCUT2D eigenvalue weighted by atomic mass is 9.74. The maximum atomic E-state index is 15.2. The van der Waals surface area contributed by atoms with Gasteiger partial charge in [0, 0.05) is 50.6 Å². The Hall–Kier alpha value is -1.90. The number of nitrogens with zero attached hydrogens (tertiary/aromatic N) is 1. The van der Waals surface area contributed by atoms with Gasteiger partial charge in [-0.25, -0.2) is 9.18 Å². The minimum absolute atomic E-state index is 0.0409. The average molecular weight is 539 g/mol. The van der Waals surface area contributed by atoms with Gasteiger partial charge in [0.05, 0.1) is 10.6 Å². The highest BCUT2D eigenvalue weighted by Gasteiger charge is 2.43. The number of benzene rings is 1. The van der Waals surface area contributed by atoms with Crippen molar-refractivity contribution in [2.24, 2.45) is 11.8 Å². The number of likely N-dealkylation sites (tertiary alicyclic amines) is 1. The quantitative estimate of drug-likeness (QED) is 0.311. The van der Waals surface area contributed by atoms with Crippen LogP contribution >= 0.6 is 11.6 Å². The Kier molecular flexibility index (Phi) is 11.5. The van der Waals surface area contributed by atoms with E-state index >= 15 is 4.39 Å². The molecule has 2 fully saturated rings. The van der Waals surface area contributed by atoms with Crippen molar-refractivity contribution in [1.29, 1.82) is 0 Å². The Balaban J connectivity index is 1.72. The van der Waals surface area contributed by atoms with Crippen LogP contribution in [0.2, 0.25) is 5.02 Å². The average Bonchev–Trinajstić information content (AvgIpc) is 2.89. The van der Waals surface area contributed by atoms with Gasteiger partial charge in [-0.3, -0.25) is 4.79 Å². The number of aliphatic hydroxyl groups is 1. The predicted octanol–water partition coefficient (Wildman–Crippen LogP) is 4.56. The molecule has 3 amide bonds. The second-order valence-corrected chi connectivity index (χ2v) is 11.2. The maximum Gasteiger partial charge on any atom is 0.317 e. The molecule has 37 heavy (non-hydrogen) atoms. The minimum Gasteiger partial charge on any atom is -0.385 e. The molecular weight excluding hydrogens is 495 g/mol. The summed E-state index contributed by atoms with van der Waals surface area (Å²) in [6.45, 7) is 3.45. The van der Waals surface area contributed by atoms with E-state index in [4.69, 9.17) is 11.6 Å². The van der Waals surface area contributed by atoms with Crippen molar-refractivity contribution < 1.29 is 19.1 Å². The lowest BCUT2D eigenvalue weighted by molar-refractivity contribution is -0.119. The Morgan fingerprint density at radius 1 is 1.22 bits per heavy atom.